The fraction of sp³-hybridized carbons (Fsp3) is 0.429. The Morgan fingerprint density at radius 1 is 1.14 bits per heavy atom. The van der Waals surface area contributed by atoms with Gasteiger partial charge in [-0.25, -0.2) is 9.59 Å². The molecule has 0 spiro atoms. The average molecular weight is 317 g/mol. The number of alkyl carbamates (subject to hydrolysis) is 1. The van der Waals surface area contributed by atoms with Crippen molar-refractivity contribution < 1.29 is 35.5 Å². The van der Waals surface area contributed by atoms with Gasteiger partial charge in [-0.3, -0.25) is 5.32 Å². The second kappa shape index (κ2) is 8.32. The van der Waals surface area contributed by atoms with Crippen LogP contribution in [0, 0.1) is 0 Å². The third-order valence-corrected chi connectivity index (χ3v) is 2.36. The van der Waals surface area contributed by atoms with Crippen molar-refractivity contribution in [3.05, 3.63) is 35.9 Å². The molecule has 1 unspecified atom stereocenters. The molecule has 8 nitrogen and oxygen atoms in total. The number of nitrogens with one attached hydrogen (secondary N) is 1. The molecule has 1 atom stereocenters. The molecule has 1 aromatic carbocycles. The maximum atomic E-state index is 11.6. The molecule has 0 aliphatic rings. The van der Waals surface area contributed by atoms with Crippen LogP contribution in [0.1, 0.15) is 26.3 Å². The summed E-state index contributed by atoms with van der Waals surface area (Å²) in [6.45, 7) is 4.93. The molecule has 0 aromatic heterocycles. The lowest BCUT2D eigenvalue weighted by Gasteiger charge is -2.27. The lowest BCUT2D eigenvalue weighted by molar-refractivity contribution is -0.161. The molecule has 0 aliphatic heterocycles. The summed E-state index contributed by atoms with van der Waals surface area (Å²) >= 11 is 0. The SMILES string of the molecule is CC(C)(C)OC(=O)NC(O)(Cc1ccccc1)C(=O)O.O.O. The lowest BCUT2D eigenvalue weighted by Crippen LogP contribution is -2.57. The van der Waals surface area contributed by atoms with Crippen LogP contribution in [0.15, 0.2) is 30.3 Å². The molecule has 0 saturated carbocycles. The molecule has 0 radical (unpaired) electrons. The molecule has 0 bridgehead atoms. The maximum absolute atomic E-state index is 11.6. The van der Waals surface area contributed by atoms with Gasteiger partial charge in [0.2, 0.25) is 5.72 Å². The number of aliphatic hydroxyl groups is 1. The molecule has 1 aromatic rings. The van der Waals surface area contributed by atoms with Gasteiger partial charge in [0.25, 0.3) is 0 Å². The van der Waals surface area contributed by atoms with E-state index in [1.807, 2.05) is 5.32 Å². The summed E-state index contributed by atoms with van der Waals surface area (Å²) in [6.07, 6.45) is -1.25. The summed E-state index contributed by atoms with van der Waals surface area (Å²) in [6, 6.07) is 8.51. The van der Waals surface area contributed by atoms with Gasteiger partial charge in [0.05, 0.1) is 0 Å². The number of carboxylic acids is 1. The number of hydrogen-bond donors (Lipinski definition) is 3. The van der Waals surface area contributed by atoms with E-state index >= 15 is 0 Å². The zero-order valence-electron chi connectivity index (χ0n) is 12.7. The summed E-state index contributed by atoms with van der Waals surface area (Å²) in [5.41, 5.74) is -2.62. The predicted molar refractivity (Wildman–Crippen MR) is 79.3 cm³/mol. The molecule has 22 heavy (non-hydrogen) atoms. The Labute approximate surface area is 128 Å². The van der Waals surface area contributed by atoms with Crippen LogP contribution in [0.5, 0.6) is 0 Å². The van der Waals surface area contributed by atoms with E-state index in [0.717, 1.165) is 0 Å². The number of benzene rings is 1. The van der Waals surface area contributed by atoms with Crippen molar-refractivity contribution in [2.45, 2.75) is 38.5 Å². The number of aliphatic carboxylic acids is 1. The van der Waals surface area contributed by atoms with E-state index in [9.17, 15) is 14.7 Å². The van der Waals surface area contributed by atoms with Gasteiger partial charge in [-0.05, 0) is 26.3 Å². The van der Waals surface area contributed by atoms with Crippen molar-refractivity contribution in [1.82, 2.24) is 5.32 Å². The Morgan fingerprint density at radius 2 is 1.64 bits per heavy atom. The highest BCUT2D eigenvalue weighted by Gasteiger charge is 2.39. The van der Waals surface area contributed by atoms with Crippen LogP contribution in [0.25, 0.3) is 0 Å². The lowest BCUT2D eigenvalue weighted by atomic mass is 10.0. The summed E-state index contributed by atoms with van der Waals surface area (Å²) in [5, 5.41) is 21.2. The Bertz CT molecular complexity index is 484. The van der Waals surface area contributed by atoms with Crippen molar-refractivity contribution in [1.29, 1.82) is 0 Å². The third-order valence-electron chi connectivity index (χ3n) is 2.36. The van der Waals surface area contributed by atoms with Gasteiger partial charge in [-0.2, -0.15) is 0 Å². The van der Waals surface area contributed by atoms with Gasteiger partial charge < -0.3 is 25.9 Å². The zero-order valence-corrected chi connectivity index (χ0v) is 12.7. The fourth-order valence-electron chi connectivity index (χ4n) is 1.54. The number of carboxylic acid groups (broad SMARTS) is 1. The summed E-state index contributed by atoms with van der Waals surface area (Å²) in [4.78, 5) is 22.8. The molecule has 0 fully saturated rings. The molecule has 7 N–H and O–H groups in total. The maximum Gasteiger partial charge on any atom is 0.410 e. The number of carbonyl (C=O) groups is 2. The van der Waals surface area contributed by atoms with E-state index in [0.29, 0.717) is 5.56 Å². The van der Waals surface area contributed by atoms with Gasteiger partial charge in [-0.1, -0.05) is 30.3 Å². The number of ether oxygens (including phenoxy) is 1. The number of carbonyl (C=O) groups excluding carboxylic acids is 1. The van der Waals surface area contributed by atoms with Crippen molar-refractivity contribution >= 4 is 12.1 Å². The largest absolute Gasteiger partial charge is 0.478 e. The van der Waals surface area contributed by atoms with Crippen LogP contribution in [0.3, 0.4) is 0 Å². The van der Waals surface area contributed by atoms with Crippen molar-refractivity contribution in [2.24, 2.45) is 0 Å². The Balaban J connectivity index is 0. The number of rotatable bonds is 4. The molecule has 0 aliphatic carbocycles. The monoisotopic (exact) mass is 317 g/mol. The van der Waals surface area contributed by atoms with Gasteiger partial charge in [0.1, 0.15) is 5.60 Å². The normalized spacial score (nSPS) is 12.9. The van der Waals surface area contributed by atoms with Gasteiger partial charge in [-0.15, -0.1) is 0 Å². The summed E-state index contributed by atoms with van der Waals surface area (Å²) in [7, 11) is 0. The van der Waals surface area contributed by atoms with E-state index in [1.54, 1.807) is 51.1 Å². The van der Waals surface area contributed by atoms with Gasteiger partial charge in [0.15, 0.2) is 0 Å². The first-order chi connectivity index (χ1) is 9.12. The van der Waals surface area contributed by atoms with E-state index in [2.05, 4.69) is 0 Å². The van der Waals surface area contributed by atoms with E-state index in [1.165, 1.54) is 0 Å². The third kappa shape index (κ3) is 7.02. The van der Waals surface area contributed by atoms with Crippen LogP contribution >= 0.6 is 0 Å². The van der Waals surface area contributed by atoms with Crippen LogP contribution in [0.2, 0.25) is 0 Å². The highest BCUT2D eigenvalue weighted by Crippen LogP contribution is 2.13. The first-order valence-corrected chi connectivity index (χ1v) is 6.13. The molecule has 0 saturated heterocycles. The second-order valence-electron chi connectivity index (χ2n) is 5.45. The average Bonchev–Trinajstić information content (AvgIpc) is 2.26. The van der Waals surface area contributed by atoms with Gasteiger partial charge >= 0.3 is 12.1 Å². The highest BCUT2D eigenvalue weighted by molar-refractivity contribution is 5.82. The van der Waals surface area contributed by atoms with Crippen LogP contribution in [0.4, 0.5) is 4.79 Å². The van der Waals surface area contributed by atoms with E-state index < -0.39 is 23.4 Å². The molecule has 126 valence electrons. The molecule has 8 heteroatoms. The Morgan fingerprint density at radius 3 is 2.05 bits per heavy atom. The minimum atomic E-state index is -2.41. The molecule has 0 heterocycles. The van der Waals surface area contributed by atoms with Crippen LogP contribution < -0.4 is 5.32 Å². The smallest absolute Gasteiger partial charge is 0.410 e. The van der Waals surface area contributed by atoms with Crippen molar-refractivity contribution in [3.8, 4) is 0 Å². The van der Waals surface area contributed by atoms with Crippen LogP contribution in [-0.4, -0.2) is 44.6 Å². The standard InChI is InChI=1S/C14H19NO5.2H2O/c1-13(2,3)20-12(18)15-14(19,11(16)17)9-10-7-5-4-6-8-10;;/h4-8,19H,9H2,1-3H3,(H,15,18)(H,16,17);2*1H2. The molecule has 1 amide bonds. The molecular weight excluding hydrogens is 294 g/mol. The topological polar surface area (TPSA) is 159 Å². The van der Waals surface area contributed by atoms with Crippen LogP contribution in [-0.2, 0) is 16.0 Å². The first-order valence-electron chi connectivity index (χ1n) is 6.13. The Hall–Kier alpha value is -2.16. The fourth-order valence-corrected chi connectivity index (χ4v) is 1.54. The number of hydrogen-bond acceptors (Lipinski definition) is 4. The summed E-state index contributed by atoms with van der Waals surface area (Å²) in [5.74, 6) is -1.55. The van der Waals surface area contributed by atoms with Gasteiger partial charge in [0, 0.05) is 6.42 Å². The van der Waals surface area contributed by atoms with E-state index in [4.69, 9.17) is 9.84 Å². The highest BCUT2D eigenvalue weighted by atomic mass is 16.6. The number of amides is 1. The van der Waals surface area contributed by atoms with Crippen molar-refractivity contribution in [3.63, 3.8) is 0 Å². The minimum Gasteiger partial charge on any atom is -0.478 e. The second-order valence-corrected chi connectivity index (χ2v) is 5.45. The minimum absolute atomic E-state index is 0. The molecule has 1 rings (SSSR count). The predicted octanol–water partition coefficient (Wildman–Crippen LogP) is -0.122. The summed E-state index contributed by atoms with van der Waals surface area (Å²) < 4.78 is 4.95. The quantitative estimate of drug-likeness (QED) is 0.659. The first kappa shape index (κ1) is 22.1. The van der Waals surface area contributed by atoms with Crippen molar-refractivity contribution in [2.75, 3.05) is 0 Å². The van der Waals surface area contributed by atoms with E-state index in [-0.39, 0.29) is 17.4 Å². The Kier molecular flexibility index (Phi) is 8.37. The molecular formula is C14H23NO7. The zero-order chi connectivity index (χ0) is 15.4.